The molecule has 1 fully saturated rings. The Morgan fingerprint density at radius 3 is 2.79 bits per heavy atom. The first-order valence-electron chi connectivity index (χ1n) is 5.18. The SMILES string of the molecule is c1ccc(COCCCC2CS2)cc1. The molecule has 0 amide bonds. The third-order valence-corrected chi connectivity index (χ3v) is 3.37. The molecule has 1 atom stereocenters. The van der Waals surface area contributed by atoms with Gasteiger partial charge in [-0.3, -0.25) is 0 Å². The Bertz CT molecular complexity index is 256. The summed E-state index contributed by atoms with van der Waals surface area (Å²) < 4.78 is 5.59. The van der Waals surface area contributed by atoms with Crippen molar-refractivity contribution in [1.29, 1.82) is 0 Å². The zero-order chi connectivity index (χ0) is 9.64. The molecule has 0 bridgehead atoms. The van der Waals surface area contributed by atoms with Gasteiger partial charge in [0.05, 0.1) is 6.61 Å². The molecule has 0 saturated carbocycles. The topological polar surface area (TPSA) is 9.23 Å². The summed E-state index contributed by atoms with van der Waals surface area (Å²) in [6, 6.07) is 10.4. The second-order valence-corrected chi connectivity index (χ2v) is 4.97. The minimum atomic E-state index is 0.763. The van der Waals surface area contributed by atoms with Crippen LogP contribution in [0.4, 0.5) is 0 Å². The van der Waals surface area contributed by atoms with E-state index in [4.69, 9.17) is 4.74 Å². The van der Waals surface area contributed by atoms with Crippen LogP contribution in [0.3, 0.4) is 0 Å². The van der Waals surface area contributed by atoms with E-state index in [1.165, 1.54) is 24.2 Å². The smallest absolute Gasteiger partial charge is 0.0716 e. The Morgan fingerprint density at radius 1 is 1.29 bits per heavy atom. The lowest BCUT2D eigenvalue weighted by Crippen LogP contribution is -1.96. The van der Waals surface area contributed by atoms with Crippen molar-refractivity contribution in [1.82, 2.24) is 0 Å². The van der Waals surface area contributed by atoms with Gasteiger partial charge in [-0.15, -0.1) is 0 Å². The summed E-state index contributed by atoms with van der Waals surface area (Å²) in [5.74, 6) is 1.37. The molecule has 14 heavy (non-hydrogen) atoms. The highest BCUT2D eigenvalue weighted by atomic mass is 32.2. The number of hydrogen-bond donors (Lipinski definition) is 0. The molecule has 76 valence electrons. The minimum absolute atomic E-state index is 0.763. The minimum Gasteiger partial charge on any atom is -0.377 e. The van der Waals surface area contributed by atoms with Gasteiger partial charge >= 0.3 is 0 Å². The fraction of sp³-hybridized carbons (Fsp3) is 0.500. The van der Waals surface area contributed by atoms with E-state index in [9.17, 15) is 0 Å². The highest BCUT2D eigenvalue weighted by Gasteiger charge is 2.20. The van der Waals surface area contributed by atoms with E-state index in [0.29, 0.717) is 0 Å². The fourth-order valence-corrected chi connectivity index (χ4v) is 2.05. The molecule has 1 unspecified atom stereocenters. The molecule has 1 nitrogen and oxygen atoms in total. The summed E-state index contributed by atoms with van der Waals surface area (Å²) in [5.41, 5.74) is 1.27. The van der Waals surface area contributed by atoms with Crippen LogP contribution < -0.4 is 0 Å². The number of rotatable bonds is 6. The first-order chi connectivity index (χ1) is 6.95. The van der Waals surface area contributed by atoms with Crippen molar-refractivity contribution >= 4 is 11.8 Å². The van der Waals surface area contributed by atoms with E-state index in [-0.39, 0.29) is 0 Å². The molecule has 0 spiro atoms. The van der Waals surface area contributed by atoms with Crippen molar-refractivity contribution in [2.45, 2.75) is 24.7 Å². The third kappa shape index (κ3) is 3.72. The fourth-order valence-electron chi connectivity index (χ4n) is 1.41. The summed E-state index contributed by atoms with van der Waals surface area (Å²) in [6.07, 6.45) is 2.55. The number of benzene rings is 1. The van der Waals surface area contributed by atoms with Crippen LogP contribution in [0.5, 0.6) is 0 Å². The van der Waals surface area contributed by atoms with Gasteiger partial charge in [-0.05, 0) is 18.4 Å². The lowest BCUT2D eigenvalue weighted by atomic mass is 10.2. The maximum Gasteiger partial charge on any atom is 0.0716 e. The molecular weight excluding hydrogens is 192 g/mol. The van der Waals surface area contributed by atoms with E-state index >= 15 is 0 Å². The molecule has 1 aromatic rings. The lowest BCUT2D eigenvalue weighted by molar-refractivity contribution is 0.117. The highest BCUT2D eigenvalue weighted by molar-refractivity contribution is 8.06. The Kier molecular flexibility index (Phi) is 3.90. The van der Waals surface area contributed by atoms with Gasteiger partial charge in [0, 0.05) is 17.6 Å². The monoisotopic (exact) mass is 208 g/mol. The molecule has 1 heterocycles. The molecule has 0 radical (unpaired) electrons. The molecular formula is C12H16OS. The van der Waals surface area contributed by atoms with Crippen LogP contribution in [-0.2, 0) is 11.3 Å². The quantitative estimate of drug-likeness (QED) is 0.525. The van der Waals surface area contributed by atoms with Gasteiger partial charge in [-0.1, -0.05) is 30.3 Å². The Morgan fingerprint density at radius 2 is 2.07 bits per heavy atom. The standard InChI is InChI=1S/C12H16OS/c1-2-5-11(6-3-1)9-13-8-4-7-12-10-14-12/h1-3,5-6,12H,4,7-10H2. The summed E-state index contributed by atoms with van der Waals surface area (Å²) in [4.78, 5) is 0. The summed E-state index contributed by atoms with van der Waals surface area (Å²) in [6.45, 7) is 1.67. The largest absolute Gasteiger partial charge is 0.377 e. The van der Waals surface area contributed by atoms with Crippen molar-refractivity contribution in [3.05, 3.63) is 35.9 Å². The molecule has 1 saturated heterocycles. The third-order valence-electron chi connectivity index (χ3n) is 2.33. The van der Waals surface area contributed by atoms with Gasteiger partial charge in [-0.25, -0.2) is 0 Å². The van der Waals surface area contributed by atoms with Crippen LogP contribution in [0.25, 0.3) is 0 Å². The van der Waals surface area contributed by atoms with E-state index in [0.717, 1.165) is 18.5 Å². The molecule has 0 aliphatic carbocycles. The van der Waals surface area contributed by atoms with Crippen molar-refractivity contribution < 1.29 is 4.74 Å². The Labute approximate surface area is 89.9 Å². The van der Waals surface area contributed by atoms with Crippen LogP contribution in [0, 0.1) is 0 Å². The zero-order valence-electron chi connectivity index (χ0n) is 8.32. The molecule has 2 heteroatoms. The average Bonchev–Trinajstić information content (AvgIpc) is 3.03. The lowest BCUT2D eigenvalue weighted by Gasteiger charge is -2.03. The predicted octanol–water partition coefficient (Wildman–Crippen LogP) is 3.10. The van der Waals surface area contributed by atoms with Gasteiger partial charge in [0.15, 0.2) is 0 Å². The first kappa shape index (κ1) is 10.1. The molecule has 1 aliphatic rings. The highest BCUT2D eigenvalue weighted by Crippen LogP contribution is 2.33. The van der Waals surface area contributed by atoms with Gasteiger partial charge in [0.25, 0.3) is 0 Å². The second-order valence-electron chi connectivity index (χ2n) is 3.64. The Balaban J connectivity index is 1.54. The van der Waals surface area contributed by atoms with Crippen LogP contribution in [0.2, 0.25) is 0 Å². The first-order valence-corrected chi connectivity index (χ1v) is 6.23. The van der Waals surface area contributed by atoms with E-state index in [2.05, 4.69) is 36.0 Å². The van der Waals surface area contributed by atoms with Crippen LogP contribution in [0.1, 0.15) is 18.4 Å². The molecule has 2 rings (SSSR count). The van der Waals surface area contributed by atoms with Crippen molar-refractivity contribution in [2.75, 3.05) is 12.4 Å². The maximum atomic E-state index is 5.59. The van der Waals surface area contributed by atoms with E-state index in [1.54, 1.807) is 0 Å². The molecule has 1 aromatic carbocycles. The molecule has 0 aromatic heterocycles. The normalized spacial score (nSPS) is 19.6. The van der Waals surface area contributed by atoms with Crippen LogP contribution in [-0.4, -0.2) is 17.6 Å². The van der Waals surface area contributed by atoms with Gasteiger partial charge < -0.3 is 4.74 Å². The number of ether oxygens (including phenoxy) is 1. The van der Waals surface area contributed by atoms with E-state index in [1.807, 2.05) is 6.07 Å². The molecule has 0 N–H and O–H groups in total. The summed E-state index contributed by atoms with van der Waals surface area (Å²) in [7, 11) is 0. The van der Waals surface area contributed by atoms with Crippen molar-refractivity contribution in [3.8, 4) is 0 Å². The van der Waals surface area contributed by atoms with Gasteiger partial charge in [0.2, 0.25) is 0 Å². The zero-order valence-corrected chi connectivity index (χ0v) is 9.13. The second kappa shape index (κ2) is 5.42. The number of hydrogen-bond acceptors (Lipinski definition) is 2. The van der Waals surface area contributed by atoms with Crippen molar-refractivity contribution in [3.63, 3.8) is 0 Å². The van der Waals surface area contributed by atoms with Crippen LogP contribution >= 0.6 is 11.8 Å². The van der Waals surface area contributed by atoms with Gasteiger partial charge in [0.1, 0.15) is 0 Å². The maximum absolute atomic E-state index is 5.59. The number of thioether (sulfide) groups is 1. The summed E-state index contributed by atoms with van der Waals surface area (Å²) in [5, 5.41) is 0.954. The summed E-state index contributed by atoms with van der Waals surface area (Å²) >= 11 is 2.07. The molecule has 1 aliphatic heterocycles. The van der Waals surface area contributed by atoms with E-state index < -0.39 is 0 Å². The Hall–Kier alpha value is -0.470. The van der Waals surface area contributed by atoms with Gasteiger partial charge in [-0.2, -0.15) is 11.8 Å². The predicted molar refractivity (Wildman–Crippen MR) is 61.6 cm³/mol. The van der Waals surface area contributed by atoms with Crippen LogP contribution in [0.15, 0.2) is 30.3 Å². The van der Waals surface area contributed by atoms with Crippen molar-refractivity contribution in [2.24, 2.45) is 0 Å². The average molecular weight is 208 g/mol.